The summed E-state index contributed by atoms with van der Waals surface area (Å²) in [6.07, 6.45) is -11.0. The minimum Gasteiger partial charge on any atom is -0.278 e. The van der Waals surface area contributed by atoms with E-state index in [-0.39, 0.29) is 6.08 Å². The monoisotopic (exact) mass is 296 g/mol. The summed E-state index contributed by atoms with van der Waals surface area (Å²) in [6.45, 7) is 1.04. The second-order valence-electron chi connectivity index (χ2n) is 3.78. The van der Waals surface area contributed by atoms with Crippen molar-refractivity contribution >= 4 is 11.4 Å². The van der Waals surface area contributed by atoms with Crippen LogP contribution in [0.5, 0.6) is 0 Å². The standard InChI is InChI=1S/C12H10F6N2/c1-8(19-20-9-5-3-2-4-6-9)7-10(11(13,14)15)12(16,17)18/h2-7,20H,1H3/b19-8+. The summed E-state index contributed by atoms with van der Waals surface area (Å²) in [5.41, 5.74) is -0.235. The Morgan fingerprint density at radius 1 is 1.00 bits per heavy atom. The van der Waals surface area contributed by atoms with E-state index in [0.29, 0.717) is 5.69 Å². The number of hydrogen-bond acceptors (Lipinski definition) is 2. The highest BCUT2D eigenvalue weighted by molar-refractivity contribution is 5.94. The highest BCUT2D eigenvalue weighted by atomic mass is 19.4. The fraction of sp³-hybridized carbons (Fsp3) is 0.250. The summed E-state index contributed by atoms with van der Waals surface area (Å²) in [5.74, 6) is 0. The molecule has 1 aromatic rings. The molecule has 0 radical (unpaired) electrons. The minimum absolute atomic E-state index is 0.0457. The number of allylic oxidation sites excluding steroid dienone is 2. The van der Waals surface area contributed by atoms with Gasteiger partial charge in [-0.05, 0) is 25.1 Å². The van der Waals surface area contributed by atoms with Gasteiger partial charge in [-0.3, -0.25) is 5.43 Å². The number of nitrogens with one attached hydrogen (secondary N) is 1. The molecule has 0 saturated carbocycles. The maximum atomic E-state index is 12.3. The van der Waals surface area contributed by atoms with E-state index in [0.717, 1.165) is 6.92 Å². The average Bonchev–Trinajstić information content (AvgIpc) is 2.32. The Bertz CT molecular complexity index is 483. The van der Waals surface area contributed by atoms with Gasteiger partial charge in [0.15, 0.2) is 0 Å². The zero-order valence-corrected chi connectivity index (χ0v) is 10.2. The second kappa shape index (κ2) is 5.98. The van der Waals surface area contributed by atoms with Gasteiger partial charge in [0.25, 0.3) is 0 Å². The quantitative estimate of drug-likeness (QED) is 0.495. The molecule has 0 heterocycles. The molecule has 0 spiro atoms. The summed E-state index contributed by atoms with van der Waals surface area (Å²) in [6, 6.07) is 8.11. The van der Waals surface area contributed by atoms with Crippen molar-refractivity contribution < 1.29 is 26.3 Å². The van der Waals surface area contributed by atoms with Crippen molar-refractivity contribution in [2.75, 3.05) is 5.43 Å². The summed E-state index contributed by atoms with van der Waals surface area (Å²) in [7, 11) is 0. The molecule has 0 aliphatic carbocycles. The summed E-state index contributed by atoms with van der Waals surface area (Å²) in [4.78, 5) is 0. The predicted molar refractivity (Wildman–Crippen MR) is 63.4 cm³/mol. The maximum Gasteiger partial charge on any atom is 0.421 e. The van der Waals surface area contributed by atoms with E-state index in [4.69, 9.17) is 0 Å². The van der Waals surface area contributed by atoms with Crippen LogP contribution in [0.4, 0.5) is 32.0 Å². The van der Waals surface area contributed by atoms with Gasteiger partial charge in [-0.1, -0.05) is 18.2 Å². The van der Waals surface area contributed by atoms with Crippen LogP contribution in [0.15, 0.2) is 47.1 Å². The van der Waals surface area contributed by atoms with Gasteiger partial charge in [-0.25, -0.2) is 0 Å². The average molecular weight is 296 g/mol. The molecule has 8 heteroatoms. The smallest absolute Gasteiger partial charge is 0.278 e. The van der Waals surface area contributed by atoms with Gasteiger partial charge in [0.05, 0.1) is 11.4 Å². The van der Waals surface area contributed by atoms with Crippen LogP contribution in [0.25, 0.3) is 0 Å². The molecule has 0 fully saturated rings. The fourth-order valence-corrected chi connectivity index (χ4v) is 1.23. The first-order valence-corrected chi connectivity index (χ1v) is 5.32. The number of hydrazone groups is 1. The number of rotatable bonds is 3. The first kappa shape index (κ1) is 16.1. The third-order valence-electron chi connectivity index (χ3n) is 2.10. The first-order chi connectivity index (χ1) is 9.10. The predicted octanol–water partition coefficient (Wildman–Crippen LogP) is 4.53. The molecule has 0 saturated heterocycles. The van der Waals surface area contributed by atoms with Crippen molar-refractivity contribution in [1.29, 1.82) is 0 Å². The first-order valence-electron chi connectivity index (χ1n) is 5.32. The Hall–Kier alpha value is -1.99. The second-order valence-corrected chi connectivity index (χ2v) is 3.78. The lowest BCUT2D eigenvalue weighted by atomic mass is 10.2. The lowest BCUT2D eigenvalue weighted by Crippen LogP contribution is -2.27. The van der Waals surface area contributed by atoms with Crippen LogP contribution in [-0.4, -0.2) is 18.1 Å². The van der Waals surface area contributed by atoms with Crippen molar-refractivity contribution in [1.82, 2.24) is 0 Å². The van der Waals surface area contributed by atoms with Crippen molar-refractivity contribution in [3.63, 3.8) is 0 Å². The molecule has 0 aromatic heterocycles. The Labute approximate surface area is 110 Å². The molecule has 0 amide bonds. The minimum atomic E-state index is -5.48. The van der Waals surface area contributed by atoms with Crippen LogP contribution >= 0.6 is 0 Å². The largest absolute Gasteiger partial charge is 0.421 e. The number of halogens is 6. The molecule has 2 nitrogen and oxygen atoms in total. The molecule has 0 unspecified atom stereocenters. The molecular formula is C12H10F6N2. The summed E-state index contributed by atoms with van der Waals surface area (Å²) < 4.78 is 73.7. The van der Waals surface area contributed by atoms with Crippen molar-refractivity contribution in [2.24, 2.45) is 5.10 Å². The number of para-hydroxylation sites is 1. The normalized spacial score (nSPS) is 13.1. The molecule has 0 aliphatic heterocycles. The fourth-order valence-electron chi connectivity index (χ4n) is 1.23. The number of hydrogen-bond donors (Lipinski definition) is 1. The number of nitrogens with zero attached hydrogens (tertiary/aromatic N) is 1. The third-order valence-corrected chi connectivity index (χ3v) is 2.10. The molecule has 0 bridgehead atoms. The van der Waals surface area contributed by atoms with Gasteiger partial charge in [0.2, 0.25) is 0 Å². The highest BCUT2D eigenvalue weighted by Crippen LogP contribution is 2.38. The van der Waals surface area contributed by atoms with Gasteiger partial charge < -0.3 is 0 Å². The molecular weight excluding hydrogens is 286 g/mol. The molecule has 1 aromatic carbocycles. The molecule has 110 valence electrons. The molecule has 20 heavy (non-hydrogen) atoms. The van der Waals surface area contributed by atoms with E-state index in [9.17, 15) is 26.3 Å². The maximum absolute atomic E-state index is 12.3. The van der Waals surface area contributed by atoms with Crippen LogP contribution in [0.1, 0.15) is 6.92 Å². The molecule has 1 rings (SSSR count). The van der Waals surface area contributed by atoms with Crippen molar-refractivity contribution in [3.8, 4) is 0 Å². The van der Waals surface area contributed by atoms with E-state index in [1.54, 1.807) is 30.3 Å². The van der Waals surface area contributed by atoms with Crippen LogP contribution in [0.2, 0.25) is 0 Å². The van der Waals surface area contributed by atoms with Crippen LogP contribution in [0, 0.1) is 0 Å². The van der Waals surface area contributed by atoms with Gasteiger partial charge in [0, 0.05) is 0 Å². The number of benzene rings is 1. The van der Waals surface area contributed by atoms with E-state index in [1.807, 2.05) is 0 Å². The van der Waals surface area contributed by atoms with E-state index in [1.165, 1.54) is 0 Å². The van der Waals surface area contributed by atoms with Crippen LogP contribution in [-0.2, 0) is 0 Å². The molecule has 0 atom stereocenters. The summed E-state index contributed by atoms with van der Waals surface area (Å²) >= 11 is 0. The van der Waals surface area contributed by atoms with E-state index < -0.39 is 23.6 Å². The Balaban J connectivity index is 2.94. The van der Waals surface area contributed by atoms with E-state index in [2.05, 4.69) is 10.5 Å². The molecule has 1 N–H and O–H groups in total. The van der Waals surface area contributed by atoms with Crippen LogP contribution < -0.4 is 5.43 Å². The SMILES string of the molecule is C/C(C=C(C(F)(F)F)C(F)(F)F)=N\Nc1ccccc1. The van der Waals surface area contributed by atoms with E-state index >= 15 is 0 Å². The van der Waals surface area contributed by atoms with Gasteiger partial charge >= 0.3 is 12.4 Å². The zero-order valence-electron chi connectivity index (χ0n) is 10.2. The summed E-state index contributed by atoms with van der Waals surface area (Å²) in [5, 5.41) is 3.45. The van der Waals surface area contributed by atoms with Crippen molar-refractivity contribution in [3.05, 3.63) is 42.0 Å². The lowest BCUT2D eigenvalue weighted by molar-refractivity contribution is -0.171. The molecule has 0 aliphatic rings. The Morgan fingerprint density at radius 3 is 1.95 bits per heavy atom. The highest BCUT2D eigenvalue weighted by Gasteiger charge is 2.50. The number of anilines is 1. The van der Waals surface area contributed by atoms with Crippen LogP contribution in [0.3, 0.4) is 0 Å². The number of alkyl halides is 6. The van der Waals surface area contributed by atoms with Crippen molar-refractivity contribution in [2.45, 2.75) is 19.3 Å². The van der Waals surface area contributed by atoms with Gasteiger partial charge in [-0.2, -0.15) is 31.4 Å². The topological polar surface area (TPSA) is 24.4 Å². The zero-order chi connectivity index (χ0) is 15.4. The Morgan fingerprint density at radius 2 is 1.50 bits per heavy atom. The lowest BCUT2D eigenvalue weighted by Gasteiger charge is -2.14. The Kier molecular flexibility index (Phi) is 4.80. The van der Waals surface area contributed by atoms with Gasteiger partial charge in [-0.15, -0.1) is 0 Å². The van der Waals surface area contributed by atoms with Gasteiger partial charge in [0.1, 0.15) is 5.57 Å². The third kappa shape index (κ3) is 4.94.